The number of rotatable bonds is 9. The summed E-state index contributed by atoms with van der Waals surface area (Å²) in [6.07, 6.45) is 1.10. The molecule has 0 aliphatic carbocycles. The fourth-order valence-corrected chi connectivity index (χ4v) is 3.30. The average molecular weight is 420 g/mol. The van der Waals surface area contributed by atoms with Crippen molar-refractivity contribution in [3.63, 3.8) is 0 Å². The number of nitrogens with zero attached hydrogens (tertiary/aromatic N) is 1. The van der Waals surface area contributed by atoms with Gasteiger partial charge >= 0.3 is 0 Å². The van der Waals surface area contributed by atoms with Crippen LogP contribution in [0.15, 0.2) is 53.4 Å². The molecule has 0 atom stereocenters. The number of ether oxygens (including phenoxy) is 1. The maximum Gasteiger partial charge on any atom is 0.238 e. The van der Waals surface area contributed by atoms with Crippen LogP contribution < -0.4 is 15.4 Å². The molecule has 0 saturated carbocycles. The first-order valence-corrected chi connectivity index (χ1v) is 10.9. The van der Waals surface area contributed by atoms with E-state index in [0.29, 0.717) is 23.7 Å². The Labute approximate surface area is 170 Å². The van der Waals surface area contributed by atoms with Gasteiger partial charge in [-0.25, -0.2) is 8.42 Å². The van der Waals surface area contributed by atoms with Crippen molar-refractivity contribution >= 4 is 33.0 Å². The number of hydrogen-bond acceptors (Lipinski definition) is 6. The van der Waals surface area contributed by atoms with Gasteiger partial charge in [-0.1, -0.05) is 25.1 Å². The molecule has 8 nitrogen and oxygen atoms in total. The van der Waals surface area contributed by atoms with Crippen LogP contribution in [-0.4, -0.2) is 58.1 Å². The lowest BCUT2D eigenvalue weighted by Crippen LogP contribution is -2.38. The standard InChI is InChI=1S/C20H25N3O5S/c1-4-23(14-20(25)22-17-10-5-6-11-18(17)28-2)13-19(24)21-15-8-7-9-16(12-15)29(3,26)27/h5-12H,4,13-14H2,1-3H3,(H,21,24)(H,22,25). The molecule has 156 valence electrons. The normalized spacial score (nSPS) is 11.2. The first-order valence-electron chi connectivity index (χ1n) is 8.98. The third-order valence-electron chi connectivity index (χ3n) is 4.11. The van der Waals surface area contributed by atoms with Crippen molar-refractivity contribution < 1.29 is 22.7 Å². The molecule has 2 aromatic carbocycles. The minimum Gasteiger partial charge on any atom is -0.495 e. The highest BCUT2D eigenvalue weighted by Crippen LogP contribution is 2.22. The second kappa shape index (κ2) is 10.0. The van der Waals surface area contributed by atoms with E-state index in [9.17, 15) is 18.0 Å². The highest BCUT2D eigenvalue weighted by Gasteiger charge is 2.15. The lowest BCUT2D eigenvalue weighted by atomic mass is 10.3. The second-order valence-corrected chi connectivity index (χ2v) is 8.42. The van der Waals surface area contributed by atoms with Crippen molar-refractivity contribution in [2.75, 3.05) is 43.6 Å². The van der Waals surface area contributed by atoms with E-state index in [1.807, 2.05) is 6.92 Å². The topological polar surface area (TPSA) is 105 Å². The van der Waals surface area contributed by atoms with E-state index in [1.165, 1.54) is 19.2 Å². The van der Waals surface area contributed by atoms with E-state index in [2.05, 4.69) is 10.6 Å². The van der Waals surface area contributed by atoms with Crippen molar-refractivity contribution in [3.8, 4) is 5.75 Å². The van der Waals surface area contributed by atoms with Crippen LogP contribution in [0.2, 0.25) is 0 Å². The van der Waals surface area contributed by atoms with Gasteiger partial charge in [0.15, 0.2) is 9.84 Å². The number of hydrogen-bond donors (Lipinski definition) is 2. The lowest BCUT2D eigenvalue weighted by Gasteiger charge is -2.20. The lowest BCUT2D eigenvalue weighted by molar-refractivity contribution is -0.119. The van der Waals surface area contributed by atoms with Crippen LogP contribution in [-0.2, 0) is 19.4 Å². The predicted octanol–water partition coefficient (Wildman–Crippen LogP) is 2.00. The molecule has 0 saturated heterocycles. The van der Waals surface area contributed by atoms with Crippen molar-refractivity contribution in [2.45, 2.75) is 11.8 Å². The Morgan fingerprint density at radius 2 is 1.66 bits per heavy atom. The molecule has 0 fully saturated rings. The number of benzene rings is 2. The van der Waals surface area contributed by atoms with E-state index in [0.717, 1.165) is 6.26 Å². The van der Waals surface area contributed by atoms with Gasteiger partial charge in [0.1, 0.15) is 5.75 Å². The molecule has 0 radical (unpaired) electrons. The van der Waals surface area contributed by atoms with Crippen molar-refractivity contribution in [1.29, 1.82) is 0 Å². The van der Waals surface area contributed by atoms with Gasteiger partial charge in [0, 0.05) is 11.9 Å². The van der Waals surface area contributed by atoms with Gasteiger partial charge in [-0.2, -0.15) is 0 Å². The van der Waals surface area contributed by atoms with Crippen LogP contribution in [0, 0.1) is 0 Å². The molecular weight excluding hydrogens is 394 g/mol. The van der Waals surface area contributed by atoms with Crippen LogP contribution >= 0.6 is 0 Å². The summed E-state index contributed by atoms with van der Waals surface area (Å²) in [5, 5.41) is 5.43. The van der Waals surface area contributed by atoms with Gasteiger partial charge in [-0.3, -0.25) is 14.5 Å². The molecule has 2 N–H and O–H groups in total. The van der Waals surface area contributed by atoms with E-state index in [-0.39, 0.29) is 29.8 Å². The molecule has 9 heteroatoms. The Morgan fingerprint density at radius 1 is 1.00 bits per heavy atom. The molecule has 2 amide bonds. The zero-order valence-corrected chi connectivity index (χ0v) is 17.5. The third kappa shape index (κ3) is 6.88. The highest BCUT2D eigenvalue weighted by molar-refractivity contribution is 7.90. The Kier molecular flexibility index (Phi) is 7.74. The fourth-order valence-electron chi connectivity index (χ4n) is 2.63. The van der Waals surface area contributed by atoms with E-state index in [4.69, 9.17) is 4.74 Å². The second-order valence-electron chi connectivity index (χ2n) is 6.40. The van der Waals surface area contributed by atoms with Gasteiger partial charge in [0.2, 0.25) is 11.8 Å². The smallest absolute Gasteiger partial charge is 0.238 e. The van der Waals surface area contributed by atoms with Crippen LogP contribution in [0.25, 0.3) is 0 Å². The molecule has 0 aliphatic rings. The minimum absolute atomic E-state index is 0.0149. The Morgan fingerprint density at radius 3 is 2.28 bits per heavy atom. The number of methoxy groups -OCH3 is 1. The van der Waals surface area contributed by atoms with Gasteiger partial charge in [-0.05, 0) is 36.9 Å². The number of likely N-dealkylation sites (N-methyl/N-ethyl adjacent to an activating group) is 1. The minimum atomic E-state index is -3.37. The molecule has 0 heterocycles. The molecule has 0 aromatic heterocycles. The number of anilines is 2. The van der Waals surface area contributed by atoms with E-state index in [1.54, 1.807) is 41.3 Å². The average Bonchev–Trinajstić information content (AvgIpc) is 2.67. The molecule has 29 heavy (non-hydrogen) atoms. The summed E-state index contributed by atoms with van der Waals surface area (Å²) in [7, 11) is -1.84. The highest BCUT2D eigenvalue weighted by atomic mass is 32.2. The molecule has 0 bridgehead atoms. The quantitative estimate of drug-likeness (QED) is 0.644. The van der Waals surface area contributed by atoms with E-state index < -0.39 is 9.84 Å². The maximum atomic E-state index is 12.3. The monoisotopic (exact) mass is 419 g/mol. The summed E-state index contributed by atoms with van der Waals surface area (Å²) in [4.78, 5) is 26.5. The predicted molar refractivity (Wildman–Crippen MR) is 112 cm³/mol. The maximum absolute atomic E-state index is 12.3. The summed E-state index contributed by atoms with van der Waals surface area (Å²) in [6, 6.07) is 13.1. The number of amides is 2. The Bertz CT molecular complexity index is 976. The first-order chi connectivity index (χ1) is 13.7. The van der Waals surface area contributed by atoms with Crippen molar-refractivity contribution in [3.05, 3.63) is 48.5 Å². The third-order valence-corrected chi connectivity index (χ3v) is 5.22. The first kappa shape index (κ1) is 22.4. The Hall–Kier alpha value is -2.91. The SMILES string of the molecule is CCN(CC(=O)Nc1cccc(S(C)(=O)=O)c1)CC(=O)Nc1ccccc1OC. The van der Waals surface area contributed by atoms with Gasteiger partial charge < -0.3 is 15.4 Å². The molecule has 0 spiro atoms. The summed E-state index contributed by atoms with van der Waals surface area (Å²) in [5.74, 6) is -0.0711. The van der Waals surface area contributed by atoms with Crippen LogP contribution in [0.3, 0.4) is 0 Å². The van der Waals surface area contributed by atoms with Crippen LogP contribution in [0.5, 0.6) is 5.75 Å². The van der Waals surface area contributed by atoms with Crippen LogP contribution in [0.1, 0.15) is 6.92 Å². The molecule has 2 rings (SSSR count). The Balaban J connectivity index is 1.95. The summed E-state index contributed by atoms with van der Waals surface area (Å²) in [6.45, 7) is 2.33. The van der Waals surface area contributed by atoms with Gasteiger partial charge in [-0.15, -0.1) is 0 Å². The number of carbonyl (C=O) groups is 2. The number of para-hydroxylation sites is 2. The zero-order chi connectivity index (χ0) is 21.4. The van der Waals surface area contributed by atoms with Gasteiger partial charge in [0.25, 0.3) is 0 Å². The molecule has 0 aliphatic heterocycles. The zero-order valence-electron chi connectivity index (χ0n) is 16.6. The largest absolute Gasteiger partial charge is 0.495 e. The summed E-state index contributed by atoms with van der Waals surface area (Å²) < 4.78 is 28.5. The van der Waals surface area contributed by atoms with Crippen LogP contribution in [0.4, 0.5) is 11.4 Å². The van der Waals surface area contributed by atoms with Gasteiger partial charge in [0.05, 0.1) is 30.8 Å². The number of nitrogens with one attached hydrogen (secondary N) is 2. The van der Waals surface area contributed by atoms with Crippen molar-refractivity contribution in [2.24, 2.45) is 0 Å². The summed E-state index contributed by atoms with van der Waals surface area (Å²) in [5.41, 5.74) is 0.936. The number of sulfone groups is 1. The van der Waals surface area contributed by atoms with Crippen molar-refractivity contribution in [1.82, 2.24) is 4.90 Å². The molecule has 0 unspecified atom stereocenters. The summed E-state index contributed by atoms with van der Waals surface area (Å²) >= 11 is 0. The fraction of sp³-hybridized carbons (Fsp3) is 0.300. The molecule has 2 aromatic rings. The van der Waals surface area contributed by atoms with E-state index >= 15 is 0 Å². The molecular formula is C20H25N3O5S. The number of carbonyl (C=O) groups excluding carboxylic acids is 2.